The molecule has 1 aromatic rings. The van der Waals surface area contributed by atoms with Gasteiger partial charge in [-0.05, 0) is 18.0 Å². The summed E-state index contributed by atoms with van der Waals surface area (Å²) in [5.74, 6) is -0.633. The molecule has 1 rings (SSSR count). The Balaban J connectivity index is 2.93. The predicted octanol–water partition coefficient (Wildman–Crippen LogP) is 1.62. The average molecular weight is 301 g/mol. The molecule has 0 saturated heterocycles. The summed E-state index contributed by atoms with van der Waals surface area (Å²) in [5, 5.41) is 23.0. The van der Waals surface area contributed by atoms with Crippen LogP contribution < -0.4 is 0 Å². The number of esters is 1. The lowest BCUT2D eigenvalue weighted by molar-refractivity contribution is 0.0148. The number of carbonyl (C=O) groups is 1. The molecule has 0 aromatic carbocycles. The second-order valence-electron chi connectivity index (χ2n) is 3.85. The fourth-order valence-corrected chi connectivity index (χ4v) is 1.72. The highest BCUT2D eigenvalue weighted by Crippen LogP contribution is 2.26. The summed E-state index contributed by atoms with van der Waals surface area (Å²) in [7, 11) is 1.21. The van der Waals surface area contributed by atoms with E-state index >= 15 is 0 Å². The fourth-order valence-electron chi connectivity index (χ4n) is 1.50. The zero-order valence-electron chi connectivity index (χ0n) is 10.6. The number of aliphatic hydroxyl groups excluding tert-OH is 2. The lowest BCUT2D eigenvalue weighted by Crippen LogP contribution is -2.20. The topological polar surface area (TPSA) is 128 Å². The Bertz CT molecular complexity index is 533. The minimum Gasteiger partial charge on any atom is -0.465 e. The highest BCUT2D eigenvalue weighted by Gasteiger charge is 2.22. The Kier molecular flexibility index (Phi) is 6.20. The number of hydrogen-bond acceptors (Lipinski definition) is 6. The molecule has 0 amide bonds. The highest BCUT2D eigenvalue weighted by molar-refractivity contribution is 6.30. The molecule has 2 N–H and O–H groups in total. The molecule has 0 aliphatic carbocycles. The van der Waals surface area contributed by atoms with E-state index in [0.29, 0.717) is 0 Å². The van der Waals surface area contributed by atoms with E-state index in [1.54, 1.807) is 0 Å². The maximum Gasteiger partial charge on any atom is 0.339 e. The first-order valence-electron chi connectivity index (χ1n) is 5.62. The summed E-state index contributed by atoms with van der Waals surface area (Å²) in [4.78, 5) is 17.7. The second-order valence-corrected chi connectivity index (χ2v) is 4.21. The lowest BCUT2D eigenvalue weighted by atomic mass is 10.0. The number of pyridine rings is 1. The summed E-state index contributed by atoms with van der Waals surface area (Å²) in [5.41, 5.74) is 8.34. The van der Waals surface area contributed by atoms with E-state index < -0.39 is 18.2 Å². The monoisotopic (exact) mass is 300 g/mol. The Labute approximate surface area is 119 Å². The maximum atomic E-state index is 11.4. The molecule has 0 fully saturated rings. The van der Waals surface area contributed by atoms with Crippen molar-refractivity contribution in [1.82, 2.24) is 4.98 Å². The third kappa shape index (κ3) is 4.07. The summed E-state index contributed by atoms with van der Waals surface area (Å²) < 4.78 is 4.53. The van der Waals surface area contributed by atoms with Gasteiger partial charge in [-0.3, -0.25) is 0 Å². The van der Waals surface area contributed by atoms with E-state index in [4.69, 9.17) is 17.1 Å². The van der Waals surface area contributed by atoms with E-state index in [2.05, 4.69) is 19.7 Å². The van der Waals surface area contributed by atoms with Crippen LogP contribution in [0.5, 0.6) is 0 Å². The van der Waals surface area contributed by atoms with Crippen molar-refractivity contribution in [2.24, 2.45) is 5.11 Å². The number of halogens is 1. The van der Waals surface area contributed by atoms with Crippen LogP contribution in [0.25, 0.3) is 10.4 Å². The Hall–Kier alpha value is -1.86. The molecule has 1 aromatic heterocycles. The van der Waals surface area contributed by atoms with Crippen molar-refractivity contribution in [3.8, 4) is 0 Å². The zero-order chi connectivity index (χ0) is 15.1. The molecule has 0 saturated carbocycles. The van der Waals surface area contributed by atoms with Gasteiger partial charge in [0, 0.05) is 23.2 Å². The summed E-state index contributed by atoms with van der Waals surface area (Å²) in [6, 6.07) is 1.29. The SMILES string of the molecule is COC(=O)c1cnc(Cl)c(C(O)C(O)CCN=[N+]=[N-])c1. The van der Waals surface area contributed by atoms with Gasteiger partial charge in [0.2, 0.25) is 0 Å². The number of nitrogens with zero attached hydrogens (tertiary/aromatic N) is 4. The summed E-state index contributed by atoms with van der Waals surface area (Å²) >= 11 is 5.83. The van der Waals surface area contributed by atoms with E-state index in [0.717, 1.165) is 0 Å². The van der Waals surface area contributed by atoms with Crippen molar-refractivity contribution < 1.29 is 19.7 Å². The molecule has 0 spiro atoms. The van der Waals surface area contributed by atoms with Crippen molar-refractivity contribution in [3.05, 3.63) is 39.0 Å². The smallest absolute Gasteiger partial charge is 0.339 e. The molecule has 0 bridgehead atoms. The van der Waals surface area contributed by atoms with Gasteiger partial charge in [0.15, 0.2) is 0 Å². The molecule has 2 atom stereocenters. The minimum absolute atomic E-state index is 0.0243. The fraction of sp³-hybridized carbons (Fsp3) is 0.455. The molecule has 1 heterocycles. The lowest BCUT2D eigenvalue weighted by Gasteiger charge is -2.18. The van der Waals surface area contributed by atoms with Crippen molar-refractivity contribution in [1.29, 1.82) is 0 Å². The van der Waals surface area contributed by atoms with Gasteiger partial charge in [0.1, 0.15) is 11.3 Å². The van der Waals surface area contributed by atoms with Crippen molar-refractivity contribution in [3.63, 3.8) is 0 Å². The zero-order valence-corrected chi connectivity index (χ0v) is 11.4. The molecular formula is C11H13ClN4O4. The standard InChI is InChI=1S/C11H13ClN4O4/c1-20-11(19)6-4-7(10(12)14-5-6)9(18)8(17)2-3-15-16-13/h4-5,8-9,17-18H,2-3H2,1H3. The molecule has 8 nitrogen and oxygen atoms in total. The predicted molar refractivity (Wildman–Crippen MR) is 70.2 cm³/mol. The van der Waals surface area contributed by atoms with Gasteiger partial charge in [0.25, 0.3) is 0 Å². The van der Waals surface area contributed by atoms with Crippen molar-refractivity contribution in [2.45, 2.75) is 18.6 Å². The van der Waals surface area contributed by atoms with Gasteiger partial charge in [-0.15, -0.1) is 0 Å². The molecule has 0 aliphatic heterocycles. The van der Waals surface area contributed by atoms with E-state index in [1.165, 1.54) is 19.4 Å². The summed E-state index contributed by atoms with van der Waals surface area (Å²) in [6.07, 6.45) is -1.30. The Morgan fingerprint density at radius 3 is 2.95 bits per heavy atom. The number of aromatic nitrogens is 1. The van der Waals surface area contributed by atoms with Gasteiger partial charge in [-0.1, -0.05) is 16.7 Å². The van der Waals surface area contributed by atoms with Crippen LogP contribution in [0.4, 0.5) is 0 Å². The third-order valence-corrected chi connectivity index (χ3v) is 2.87. The largest absolute Gasteiger partial charge is 0.465 e. The van der Waals surface area contributed by atoms with Crippen LogP contribution in [-0.4, -0.2) is 40.9 Å². The normalized spacial score (nSPS) is 13.2. The molecule has 9 heteroatoms. The summed E-state index contributed by atoms with van der Waals surface area (Å²) in [6.45, 7) is 0.0243. The maximum absolute atomic E-state index is 11.4. The Morgan fingerprint density at radius 1 is 1.65 bits per heavy atom. The molecule has 20 heavy (non-hydrogen) atoms. The molecule has 108 valence electrons. The molecule has 0 radical (unpaired) electrons. The Morgan fingerprint density at radius 2 is 2.35 bits per heavy atom. The van der Waals surface area contributed by atoms with Crippen LogP contribution in [0.3, 0.4) is 0 Å². The van der Waals surface area contributed by atoms with Crippen LogP contribution in [0.1, 0.15) is 28.4 Å². The molecule has 2 unspecified atom stereocenters. The number of azide groups is 1. The van der Waals surface area contributed by atoms with Gasteiger partial charge < -0.3 is 14.9 Å². The van der Waals surface area contributed by atoms with E-state index in [1.807, 2.05) is 0 Å². The number of hydrogen-bond donors (Lipinski definition) is 2. The van der Waals surface area contributed by atoms with Gasteiger partial charge in [0.05, 0.1) is 18.8 Å². The van der Waals surface area contributed by atoms with Crippen molar-refractivity contribution in [2.75, 3.05) is 13.7 Å². The first kappa shape index (κ1) is 16.2. The van der Waals surface area contributed by atoms with Crippen molar-refractivity contribution >= 4 is 17.6 Å². The van der Waals surface area contributed by atoms with E-state index in [9.17, 15) is 15.0 Å². The number of methoxy groups -OCH3 is 1. The van der Waals surface area contributed by atoms with Crippen LogP contribution in [-0.2, 0) is 4.74 Å². The van der Waals surface area contributed by atoms with Crippen LogP contribution in [0, 0.1) is 0 Å². The van der Waals surface area contributed by atoms with Gasteiger partial charge in [-0.25, -0.2) is 9.78 Å². The van der Waals surface area contributed by atoms with Gasteiger partial charge >= 0.3 is 5.97 Å². The number of carbonyl (C=O) groups excluding carboxylic acids is 1. The van der Waals surface area contributed by atoms with Crippen LogP contribution in [0.15, 0.2) is 17.4 Å². The number of ether oxygens (including phenoxy) is 1. The average Bonchev–Trinajstić information content (AvgIpc) is 2.46. The number of aliphatic hydroxyl groups is 2. The first-order chi connectivity index (χ1) is 9.51. The second kappa shape index (κ2) is 7.66. The highest BCUT2D eigenvalue weighted by atomic mass is 35.5. The van der Waals surface area contributed by atoms with E-state index in [-0.39, 0.29) is 29.2 Å². The quantitative estimate of drug-likeness (QED) is 0.271. The van der Waals surface area contributed by atoms with Crippen LogP contribution in [0.2, 0.25) is 5.15 Å². The third-order valence-electron chi connectivity index (χ3n) is 2.56. The minimum atomic E-state index is -1.35. The first-order valence-corrected chi connectivity index (χ1v) is 5.99. The van der Waals surface area contributed by atoms with Crippen LogP contribution >= 0.6 is 11.6 Å². The molecular weight excluding hydrogens is 288 g/mol. The number of rotatable bonds is 6. The van der Waals surface area contributed by atoms with Gasteiger partial charge in [-0.2, -0.15) is 0 Å². The molecule has 0 aliphatic rings.